The van der Waals surface area contributed by atoms with Crippen LogP contribution in [0.2, 0.25) is 0 Å². The molecule has 1 amide bonds. The molecule has 3 N–H and O–H groups in total. The molecule has 1 saturated carbocycles. The molecule has 2 aromatic rings. The number of benzene rings is 1. The van der Waals surface area contributed by atoms with Crippen molar-refractivity contribution >= 4 is 21.9 Å². The maximum Gasteiger partial charge on any atom is 0.326 e. The molecule has 1 fully saturated rings. The van der Waals surface area contributed by atoms with Crippen molar-refractivity contribution in [2.75, 3.05) is 0 Å². The maximum atomic E-state index is 12.2. The van der Waals surface area contributed by atoms with Crippen LogP contribution < -0.4 is 10.0 Å². The molecule has 0 aliphatic heterocycles. The molecular formula is C17H18N2O6S. The standard InChI is InChI=1S/C17H18N2O6S/c20-16(19-15(17(21)22)11-3-4-11)12-5-7-14(8-6-12)26(23,24)18-10-13-2-1-9-25-13/h1-2,5-9,11,15,18H,3-4,10H2,(H,19,20)(H,21,22). The summed E-state index contributed by atoms with van der Waals surface area (Å²) in [6.45, 7) is 0.0131. The number of hydrogen-bond acceptors (Lipinski definition) is 5. The summed E-state index contributed by atoms with van der Waals surface area (Å²) in [5.41, 5.74) is 0.196. The monoisotopic (exact) mass is 378 g/mol. The van der Waals surface area contributed by atoms with Gasteiger partial charge in [-0.2, -0.15) is 0 Å². The molecule has 1 atom stereocenters. The second kappa shape index (κ2) is 7.30. The molecule has 1 heterocycles. The van der Waals surface area contributed by atoms with E-state index in [4.69, 9.17) is 9.52 Å². The zero-order chi connectivity index (χ0) is 18.7. The van der Waals surface area contributed by atoms with Gasteiger partial charge in [-0.1, -0.05) is 0 Å². The normalized spacial score (nSPS) is 15.4. The second-order valence-electron chi connectivity index (χ2n) is 6.06. The minimum Gasteiger partial charge on any atom is -0.480 e. The predicted octanol–water partition coefficient (Wildman–Crippen LogP) is 1.35. The summed E-state index contributed by atoms with van der Waals surface area (Å²) in [5.74, 6) is -1.18. The smallest absolute Gasteiger partial charge is 0.326 e. The number of furan rings is 1. The second-order valence-corrected chi connectivity index (χ2v) is 7.82. The van der Waals surface area contributed by atoms with Crippen molar-refractivity contribution in [2.24, 2.45) is 5.92 Å². The van der Waals surface area contributed by atoms with Crippen LogP contribution in [-0.4, -0.2) is 31.4 Å². The number of nitrogens with one attached hydrogen (secondary N) is 2. The quantitative estimate of drug-likeness (QED) is 0.637. The molecule has 1 aromatic heterocycles. The van der Waals surface area contributed by atoms with E-state index in [0.717, 1.165) is 12.8 Å². The number of rotatable bonds is 8. The highest BCUT2D eigenvalue weighted by Gasteiger charge is 2.37. The lowest BCUT2D eigenvalue weighted by Gasteiger charge is -2.13. The molecule has 1 aliphatic rings. The summed E-state index contributed by atoms with van der Waals surface area (Å²) in [7, 11) is -3.75. The number of carboxylic acids is 1. The van der Waals surface area contributed by atoms with Gasteiger partial charge in [0.1, 0.15) is 11.8 Å². The minimum atomic E-state index is -3.75. The van der Waals surface area contributed by atoms with Gasteiger partial charge in [-0.15, -0.1) is 0 Å². The first-order chi connectivity index (χ1) is 12.4. The van der Waals surface area contributed by atoms with Gasteiger partial charge >= 0.3 is 5.97 Å². The molecule has 1 aliphatic carbocycles. The van der Waals surface area contributed by atoms with Crippen LogP contribution in [0.5, 0.6) is 0 Å². The van der Waals surface area contributed by atoms with E-state index in [2.05, 4.69) is 10.0 Å². The first-order valence-corrected chi connectivity index (χ1v) is 9.51. The van der Waals surface area contributed by atoms with Gasteiger partial charge in [0.2, 0.25) is 10.0 Å². The zero-order valence-corrected chi connectivity index (χ0v) is 14.5. The van der Waals surface area contributed by atoms with E-state index >= 15 is 0 Å². The maximum absolute atomic E-state index is 12.2. The molecule has 0 spiro atoms. The first kappa shape index (κ1) is 18.2. The van der Waals surface area contributed by atoms with E-state index in [0.29, 0.717) is 5.76 Å². The van der Waals surface area contributed by atoms with Crippen molar-refractivity contribution in [1.82, 2.24) is 10.0 Å². The van der Waals surface area contributed by atoms with E-state index in [-0.39, 0.29) is 22.9 Å². The lowest BCUT2D eigenvalue weighted by Crippen LogP contribution is -2.42. The number of amides is 1. The largest absolute Gasteiger partial charge is 0.480 e. The van der Waals surface area contributed by atoms with Crippen LogP contribution in [0.4, 0.5) is 0 Å². The van der Waals surface area contributed by atoms with Gasteiger partial charge in [-0.05, 0) is 55.2 Å². The highest BCUT2D eigenvalue weighted by atomic mass is 32.2. The molecule has 9 heteroatoms. The van der Waals surface area contributed by atoms with Crippen molar-refractivity contribution in [1.29, 1.82) is 0 Å². The lowest BCUT2D eigenvalue weighted by atomic mass is 10.1. The van der Waals surface area contributed by atoms with Crippen molar-refractivity contribution < 1.29 is 27.5 Å². The van der Waals surface area contributed by atoms with Crippen LogP contribution in [-0.2, 0) is 21.4 Å². The third-order valence-corrected chi connectivity index (χ3v) is 5.51. The number of carboxylic acid groups (broad SMARTS) is 1. The topological polar surface area (TPSA) is 126 Å². The van der Waals surface area contributed by atoms with Crippen LogP contribution >= 0.6 is 0 Å². The zero-order valence-electron chi connectivity index (χ0n) is 13.7. The van der Waals surface area contributed by atoms with Crippen LogP contribution in [0.15, 0.2) is 52.0 Å². The fraction of sp³-hybridized carbons (Fsp3) is 0.294. The Balaban J connectivity index is 1.65. The molecule has 0 saturated heterocycles. The average molecular weight is 378 g/mol. The van der Waals surface area contributed by atoms with Crippen LogP contribution in [0.3, 0.4) is 0 Å². The Bertz CT molecular complexity index is 886. The highest BCUT2D eigenvalue weighted by Crippen LogP contribution is 2.32. The van der Waals surface area contributed by atoms with Crippen LogP contribution in [0, 0.1) is 5.92 Å². The minimum absolute atomic E-state index is 0.00224. The Kier molecular flexibility index (Phi) is 5.10. The van der Waals surface area contributed by atoms with Gasteiger partial charge in [0.25, 0.3) is 5.91 Å². The molecule has 1 unspecified atom stereocenters. The molecule has 3 rings (SSSR count). The van der Waals surface area contributed by atoms with Crippen molar-refractivity contribution in [3.05, 3.63) is 54.0 Å². The van der Waals surface area contributed by atoms with Crippen LogP contribution in [0.1, 0.15) is 29.0 Å². The van der Waals surface area contributed by atoms with Gasteiger partial charge in [0.15, 0.2) is 0 Å². The predicted molar refractivity (Wildman–Crippen MR) is 90.8 cm³/mol. The molecular weight excluding hydrogens is 360 g/mol. The summed E-state index contributed by atoms with van der Waals surface area (Å²) < 4.78 is 31.9. The molecule has 0 bridgehead atoms. The van der Waals surface area contributed by atoms with E-state index in [9.17, 15) is 18.0 Å². The number of carbonyl (C=O) groups excluding carboxylic acids is 1. The Morgan fingerprint density at radius 1 is 1.19 bits per heavy atom. The third kappa shape index (κ3) is 4.30. The first-order valence-electron chi connectivity index (χ1n) is 8.02. The van der Waals surface area contributed by atoms with E-state index in [1.54, 1.807) is 12.1 Å². The average Bonchev–Trinajstić information content (AvgIpc) is 3.32. The van der Waals surface area contributed by atoms with E-state index < -0.39 is 27.9 Å². The Labute approximate surface area is 150 Å². The summed E-state index contributed by atoms with van der Waals surface area (Å²) in [6.07, 6.45) is 2.99. The van der Waals surface area contributed by atoms with Gasteiger partial charge in [0, 0.05) is 5.56 Å². The fourth-order valence-corrected chi connectivity index (χ4v) is 3.48. The van der Waals surface area contributed by atoms with Gasteiger partial charge in [0.05, 0.1) is 17.7 Å². The van der Waals surface area contributed by atoms with Gasteiger partial charge in [-0.3, -0.25) is 4.79 Å². The van der Waals surface area contributed by atoms with Crippen molar-refractivity contribution in [3.8, 4) is 0 Å². The number of hydrogen-bond donors (Lipinski definition) is 3. The molecule has 26 heavy (non-hydrogen) atoms. The molecule has 1 aromatic carbocycles. The molecule has 0 radical (unpaired) electrons. The Morgan fingerprint density at radius 3 is 2.42 bits per heavy atom. The highest BCUT2D eigenvalue weighted by molar-refractivity contribution is 7.89. The number of aliphatic carboxylic acids is 1. The van der Waals surface area contributed by atoms with Gasteiger partial charge in [-0.25, -0.2) is 17.9 Å². The Hall–Kier alpha value is -2.65. The van der Waals surface area contributed by atoms with Crippen LogP contribution in [0.25, 0.3) is 0 Å². The number of carbonyl (C=O) groups is 2. The Morgan fingerprint density at radius 2 is 1.88 bits per heavy atom. The lowest BCUT2D eigenvalue weighted by molar-refractivity contribution is -0.139. The third-order valence-electron chi connectivity index (χ3n) is 4.09. The SMILES string of the molecule is O=C(NC(C(=O)O)C1CC1)c1ccc(S(=O)(=O)NCc2ccco2)cc1. The molecule has 138 valence electrons. The summed E-state index contributed by atoms with van der Waals surface area (Å²) in [5, 5.41) is 11.6. The molecule has 8 nitrogen and oxygen atoms in total. The van der Waals surface area contributed by atoms with Crippen molar-refractivity contribution in [2.45, 2.75) is 30.3 Å². The summed E-state index contributed by atoms with van der Waals surface area (Å²) in [4.78, 5) is 23.4. The van der Waals surface area contributed by atoms with E-state index in [1.807, 2.05) is 0 Å². The van der Waals surface area contributed by atoms with E-state index in [1.165, 1.54) is 30.5 Å². The summed E-state index contributed by atoms with van der Waals surface area (Å²) in [6, 6.07) is 7.68. The fourth-order valence-electron chi connectivity index (χ4n) is 2.48. The van der Waals surface area contributed by atoms with Gasteiger partial charge < -0.3 is 14.8 Å². The summed E-state index contributed by atoms with van der Waals surface area (Å²) >= 11 is 0. The number of sulfonamides is 1. The van der Waals surface area contributed by atoms with Crippen molar-refractivity contribution in [3.63, 3.8) is 0 Å².